The number of rotatable bonds is 2. The maximum atomic E-state index is 11.4. The molecule has 0 unspecified atom stereocenters. The minimum atomic E-state index is -0.594. The largest absolute Gasteiger partial charge is 0.486 e. The van der Waals surface area contributed by atoms with Crippen molar-refractivity contribution in [2.24, 2.45) is 0 Å². The van der Waals surface area contributed by atoms with Gasteiger partial charge in [-0.3, -0.25) is 4.79 Å². The number of carbonyl (C=O) groups is 1. The first-order valence-electron chi connectivity index (χ1n) is 5.73. The summed E-state index contributed by atoms with van der Waals surface area (Å²) in [6.45, 7) is 2.67. The molecule has 0 bridgehead atoms. The zero-order chi connectivity index (χ0) is 13.4. The van der Waals surface area contributed by atoms with Crippen molar-refractivity contribution in [2.45, 2.75) is 6.92 Å². The van der Waals surface area contributed by atoms with Crippen molar-refractivity contribution in [3.05, 3.63) is 29.5 Å². The van der Waals surface area contributed by atoms with E-state index in [2.05, 4.69) is 5.16 Å². The Morgan fingerprint density at radius 1 is 1.26 bits per heavy atom. The van der Waals surface area contributed by atoms with Gasteiger partial charge in [-0.05, 0) is 36.7 Å². The highest BCUT2D eigenvalue weighted by molar-refractivity contribution is 6.68. The van der Waals surface area contributed by atoms with Crippen LogP contribution in [0.3, 0.4) is 0 Å². The number of aryl methyl sites for hydroxylation is 1. The van der Waals surface area contributed by atoms with Crippen LogP contribution in [0.1, 0.15) is 16.1 Å². The van der Waals surface area contributed by atoms with Crippen LogP contribution in [-0.4, -0.2) is 23.6 Å². The van der Waals surface area contributed by atoms with Gasteiger partial charge in [0, 0.05) is 5.56 Å². The number of carbonyl (C=O) groups excluding carboxylic acids is 1. The molecule has 3 rings (SSSR count). The molecule has 0 N–H and O–H groups in total. The van der Waals surface area contributed by atoms with E-state index in [1.165, 1.54) is 0 Å². The summed E-state index contributed by atoms with van der Waals surface area (Å²) in [5.41, 5.74) is 1.39. The summed E-state index contributed by atoms with van der Waals surface area (Å²) in [4.78, 5) is 11.4. The van der Waals surface area contributed by atoms with Crippen molar-refractivity contribution in [1.29, 1.82) is 0 Å². The maximum absolute atomic E-state index is 11.4. The van der Waals surface area contributed by atoms with Crippen LogP contribution in [0, 0.1) is 6.92 Å². The van der Waals surface area contributed by atoms with Gasteiger partial charge in [0.2, 0.25) is 0 Å². The smallest absolute Gasteiger partial charge is 0.258 e. The van der Waals surface area contributed by atoms with E-state index in [-0.39, 0.29) is 5.56 Å². The molecule has 98 valence electrons. The number of hydrogen-bond donors (Lipinski definition) is 0. The van der Waals surface area contributed by atoms with E-state index in [0.29, 0.717) is 41.7 Å². The van der Waals surface area contributed by atoms with Gasteiger partial charge in [0.15, 0.2) is 11.5 Å². The summed E-state index contributed by atoms with van der Waals surface area (Å²) in [6, 6.07) is 5.32. The first kappa shape index (κ1) is 12.0. The standard InChI is InChI=1S/C13H10ClNO4/c1-7-11(13(14)16)12(15-19-7)8-2-3-9-10(6-8)18-5-4-17-9/h2-3,6H,4-5H2,1H3. The molecule has 1 aliphatic rings. The van der Waals surface area contributed by atoms with Crippen LogP contribution in [0.4, 0.5) is 0 Å². The average Bonchev–Trinajstić information content (AvgIpc) is 2.80. The average molecular weight is 280 g/mol. The molecule has 5 nitrogen and oxygen atoms in total. The summed E-state index contributed by atoms with van der Waals surface area (Å²) in [6.07, 6.45) is 0. The lowest BCUT2D eigenvalue weighted by Gasteiger charge is -2.18. The van der Waals surface area contributed by atoms with Crippen molar-refractivity contribution in [3.63, 3.8) is 0 Å². The molecule has 2 heterocycles. The molecule has 0 atom stereocenters. The third kappa shape index (κ3) is 2.06. The zero-order valence-corrected chi connectivity index (χ0v) is 10.9. The second-order valence-electron chi connectivity index (χ2n) is 4.09. The second-order valence-corrected chi connectivity index (χ2v) is 4.44. The van der Waals surface area contributed by atoms with Crippen LogP contribution < -0.4 is 9.47 Å². The second kappa shape index (κ2) is 4.59. The fourth-order valence-corrected chi connectivity index (χ4v) is 2.21. The quantitative estimate of drug-likeness (QED) is 0.791. The molecule has 0 fully saturated rings. The first-order valence-corrected chi connectivity index (χ1v) is 6.11. The fraction of sp³-hybridized carbons (Fsp3) is 0.231. The number of nitrogens with zero attached hydrogens (tertiary/aromatic N) is 1. The normalized spacial score (nSPS) is 13.4. The Labute approximate surface area is 114 Å². The minimum absolute atomic E-state index is 0.276. The van der Waals surface area contributed by atoms with Crippen molar-refractivity contribution >= 4 is 16.8 Å². The summed E-state index contributed by atoms with van der Waals surface area (Å²) >= 11 is 5.55. The van der Waals surface area contributed by atoms with E-state index in [9.17, 15) is 4.79 Å². The zero-order valence-electron chi connectivity index (χ0n) is 10.1. The summed E-state index contributed by atoms with van der Waals surface area (Å²) < 4.78 is 16.0. The minimum Gasteiger partial charge on any atom is -0.486 e. The van der Waals surface area contributed by atoms with Gasteiger partial charge in [0.25, 0.3) is 5.24 Å². The number of ether oxygens (including phenoxy) is 2. The molecule has 1 aliphatic heterocycles. The number of hydrogen-bond acceptors (Lipinski definition) is 5. The van der Waals surface area contributed by atoms with Crippen LogP contribution in [0.5, 0.6) is 11.5 Å². The number of benzene rings is 1. The molecule has 0 aliphatic carbocycles. The molecule has 19 heavy (non-hydrogen) atoms. The van der Waals surface area contributed by atoms with E-state index < -0.39 is 5.24 Å². The van der Waals surface area contributed by atoms with Crippen molar-refractivity contribution in [3.8, 4) is 22.8 Å². The Morgan fingerprint density at radius 3 is 2.74 bits per heavy atom. The van der Waals surface area contributed by atoms with E-state index in [1.807, 2.05) is 0 Å². The first-order chi connectivity index (χ1) is 9.16. The van der Waals surface area contributed by atoms with Gasteiger partial charge >= 0.3 is 0 Å². The lowest BCUT2D eigenvalue weighted by molar-refractivity contribution is 0.108. The molecule has 0 radical (unpaired) electrons. The third-order valence-electron chi connectivity index (χ3n) is 2.87. The van der Waals surface area contributed by atoms with Gasteiger partial charge in [0.05, 0.1) is 0 Å². The molecule has 0 saturated heterocycles. The van der Waals surface area contributed by atoms with Crippen LogP contribution >= 0.6 is 11.6 Å². The Kier molecular flexibility index (Phi) is 2.91. The van der Waals surface area contributed by atoms with Gasteiger partial charge in [-0.25, -0.2) is 0 Å². The van der Waals surface area contributed by atoms with Crippen molar-refractivity contribution in [2.75, 3.05) is 13.2 Å². The molecular formula is C13H10ClNO4. The Balaban J connectivity index is 2.10. The van der Waals surface area contributed by atoms with E-state index in [4.69, 9.17) is 25.6 Å². The number of fused-ring (bicyclic) bond motifs is 1. The fourth-order valence-electron chi connectivity index (χ4n) is 1.99. The maximum Gasteiger partial charge on any atom is 0.258 e. The highest BCUT2D eigenvalue weighted by Gasteiger charge is 2.21. The number of aromatic nitrogens is 1. The Bertz CT molecular complexity index is 650. The molecule has 0 spiro atoms. The Hall–Kier alpha value is -2.01. The van der Waals surface area contributed by atoms with Crippen LogP contribution in [0.2, 0.25) is 0 Å². The Morgan fingerprint density at radius 2 is 2.00 bits per heavy atom. The van der Waals surface area contributed by atoms with E-state index in [0.717, 1.165) is 0 Å². The van der Waals surface area contributed by atoms with E-state index >= 15 is 0 Å². The monoisotopic (exact) mass is 279 g/mol. The van der Waals surface area contributed by atoms with Gasteiger partial charge in [-0.1, -0.05) is 5.16 Å². The summed E-state index contributed by atoms with van der Waals surface area (Å²) in [5, 5.41) is 3.29. The summed E-state index contributed by atoms with van der Waals surface area (Å²) in [5.74, 6) is 1.69. The van der Waals surface area contributed by atoms with Crippen molar-refractivity contribution < 1.29 is 18.8 Å². The van der Waals surface area contributed by atoms with Crippen LogP contribution in [0.15, 0.2) is 22.7 Å². The molecule has 2 aromatic rings. The van der Waals surface area contributed by atoms with Crippen LogP contribution in [-0.2, 0) is 0 Å². The van der Waals surface area contributed by atoms with Gasteiger partial charge < -0.3 is 14.0 Å². The molecule has 0 amide bonds. The highest BCUT2D eigenvalue weighted by atomic mass is 35.5. The lowest BCUT2D eigenvalue weighted by atomic mass is 10.1. The van der Waals surface area contributed by atoms with E-state index in [1.54, 1.807) is 25.1 Å². The number of halogens is 1. The predicted molar refractivity (Wildman–Crippen MR) is 67.8 cm³/mol. The summed E-state index contributed by atoms with van der Waals surface area (Å²) in [7, 11) is 0. The third-order valence-corrected chi connectivity index (χ3v) is 3.06. The molecule has 6 heteroatoms. The van der Waals surface area contributed by atoms with Gasteiger partial charge in [-0.2, -0.15) is 0 Å². The highest BCUT2D eigenvalue weighted by Crippen LogP contribution is 2.36. The molecular weight excluding hydrogens is 270 g/mol. The van der Waals surface area contributed by atoms with Crippen molar-refractivity contribution in [1.82, 2.24) is 5.16 Å². The molecule has 1 aromatic heterocycles. The van der Waals surface area contributed by atoms with Crippen LogP contribution in [0.25, 0.3) is 11.3 Å². The van der Waals surface area contributed by atoms with Gasteiger partial charge in [0.1, 0.15) is 30.2 Å². The predicted octanol–water partition coefficient (Wildman–Crippen LogP) is 2.80. The lowest BCUT2D eigenvalue weighted by Crippen LogP contribution is -2.15. The topological polar surface area (TPSA) is 61.6 Å². The molecule has 0 saturated carbocycles. The van der Waals surface area contributed by atoms with Gasteiger partial charge in [-0.15, -0.1) is 0 Å². The molecule has 1 aromatic carbocycles. The SMILES string of the molecule is Cc1onc(-c2ccc3c(c2)OCCO3)c1C(=O)Cl.